The SMILES string of the molecule is O=C(N[C@@H]1CC[C@@H](CC(=O)N2CCCCC2)O[C@H]1CO)c1ccccn1. The van der Waals surface area contributed by atoms with E-state index in [1.165, 1.54) is 6.42 Å². The van der Waals surface area contributed by atoms with E-state index < -0.39 is 6.10 Å². The number of hydrogen-bond acceptors (Lipinski definition) is 5. The summed E-state index contributed by atoms with van der Waals surface area (Å²) in [6.07, 6.45) is 5.88. The lowest BCUT2D eigenvalue weighted by atomic mass is 9.96. The van der Waals surface area contributed by atoms with Gasteiger partial charge in [-0.1, -0.05) is 6.07 Å². The summed E-state index contributed by atoms with van der Waals surface area (Å²) in [4.78, 5) is 30.6. The summed E-state index contributed by atoms with van der Waals surface area (Å²) < 4.78 is 5.91. The second kappa shape index (κ2) is 9.09. The fourth-order valence-electron chi connectivity index (χ4n) is 3.65. The Morgan fingerprint density at radius 3 is 2.73 bits per heavy atom. The van der Waals surface area contributed by atoms with Crippen LogP contribution in [0.4, 0.5) is 0 Å². The molecule has 2 fully saturated rings. The van der Waals surface area contributed by atoms with Crippen molar-refractivity contribution in [2.75, 3.05) is 19.7 Å². The number of aliphatic hydroxyl groups is 1. The van der Waals surface area contributed by atoms with E-state index in [-0.39, 0.29) is 30.6 Å². The van der Waals surface area contributed by atoms with Gasteiger partial charge in [0.15, 0.2) is 0 Å². The topological polar surface area (TPSA) is 91.8 Å². The first-order valence-electron chi connectivity index (χ1n) is 9.43. The summed E-state index contributed by atoms with van der Waals surface area (Å²) in [5.74, 6) is -0.150. The van der Waals surface area contributed by atoms with Crippen molar-refractivity contribution in [1.82, 2.24) is 15.2 Å². The molecule has 7 heteroatoms. The van der Waals surface area contributed by atoms with E-state index in [4.69, 9.17) is 4.74 Å². The molecule has 2 N–H and O–H groups in total. The van der Waals surface area contributed by atoms with E-state index in [9.17, 15) is 14.7 Å². The van der Waals surface area contributed by atoms with Gasteiger partial charge in [0.05, 0.1) is 25.2 Å². The predicted molar refractivity (Wildman–Crippen MR) is 95.5 cm³/mol. The van der Waals surface area contributed by atoms with E-state index in [1.54, 1.807) is 24.4 Å². The van der Waals surface area contributed by atoms with Gasteiger partial charge in [0, 0.05) is 19.3 Å². The molecule has 2 saturated heterocycles. The zero-order valence-electron chi connectivity index (χ0n) is 15.0. The standard InChI is InChI=1S/C19H27N3O4/c23-13-17-15(21-19(25)16-6-2-3-9-20-16)8-7-14(26-17)12-18(24)22-10-4-1-5-11-22/h2-3,6,9,14-15,17,23H,1,4-5,7-8,10-13H2,(H,21,25)/t14-,15+,17-/m0/s1. The number of rotatable bonds is 5. The third-order valence-corrected chi connectivity index (χ3v) is 5.12. The fourth-order valence-corrected chi connectivity index (χ4v) is 3.65. The van der Waals surface area contributed by atoms with Crippen LogP contribution >= 0.6 is 0 Å². The Morgan fingerprint density at radius 1 is 1.23 bits per heavy atom. The Hall–Kier alpha value is -1.99. The van der Waals surface area contributed by atoms with Gasteiger partial charge in [-0.15, -0.1) is 0 Å². The number of hydrogen-bond donors (Lipinski definition) is 2. The zero-order chi connectivity index (χ0) is 18.4. The number of carbonyl (C=O) groups excluding carboxylic acids is 2. The second-order valence-corrected chi connectivity index (χ2v) is 7.00. The van der Waals surface area contributed by atoms with Crippen LogP contribution in [0, 0.1) is 0 Å². The molecule has 26 heavy (non-hydrogen) atoms. The van der Waals surface area contributed by atoms with Crippen LogP contribution in [0.2, 0.25) is 0 Å². The van der Waals surface area contributed by atoms with Crippen molar-refractivity contribution in [2.24, 2.45) is 0 Å². The molecule has 1 aromatic rings. The molecular weight excluding hydrogens is 334 g/mol. The molecule has 2 aliphatic heterocycles. The van der Waals surface area contributed by atoms with Gasteiger partial charge in [-0.3, -0.25) is 14.6 Å². The minimum atomic E-state index is -0.504. The number of piperidine rings is 1. The Morgan fingerprint density at radius 2 is 2.04 bits per heavy atom. The third-order valence-electron chi connectivity index (χ3n) is 5.12. The minimum absolute atomic E-state index is 0.127. The highest BCUT2D eigenvalue weighted by Gasteiger charge is 2.34. The fraction of sp³-hybridized carbons (Fsp3) is 0.632. The molecule has 3 heterocycles. The van der Waals surface area contributed by atoms with E-state index >= 15 is 0 Å². The molecule has 7 nitrogen and oxygen atoms in total. The highest BCUT2D eigenvalue weighted by Crippen LogP contribution is 2.23. The molecule has 3 atom stereocenters. The quantitative estimate of drug-likeness (QED) is 0.820. The van der Waals surface area contributed by atoms with Crippen LogP contribution in [-0.4, -0.2) is 64.8 Å². The molecule has 0 saturated carbocycles. The first-order chi connectivity index (χ1) is 12.7. The van der Waals surface area contributed by atoms with Crippen LogP contribution < -0.4 is 5.32 Å². The van der Waals surface area contributed by atoms with Gasteiger partial charge in [0.25, 0.3) is 5.91 Å². The Kier molecular flexibility index (Phi) is 6.57. The maximum Gasteiger partial charge on any atom is 0.270 e. The van der Waals surface area contributed by atoms with Gasteiger partial charge in [-0.25, -0.2) is 0 Å². The molecule has 0 aliphatic carbocycles. The van der Waals surface area contributed by atoms with Crippen molar-refractivity contribution in [3.05, 3.63) is 30.1 Å². The van der Waals surface area contributed by atoms with E-state index in [1.807, 2.05) is 4.90 Å². The predicted octanol–water partition coefficient (Wildman–Crippen LogP) is 1.12. The molecule has 0 bridgehead atoms. The van der Waals surface area contributed by atoms with Gasteiger partial charge < -0.3 is 20.1 Å². The number of nitrogens with one attached hydrogen (secondary N) is 1. The minimum Gasteiger partial charge on any atom is -0.394 e. The molecule has 142 valence electrons. The smallest absolute Gasteiger partial charge is 0.270 e. The number of aromatic nitrogens is 1. The lowest BCUT2D eigenvalue weighted by Crippen LogP contribution is -2.51. The zero-order valence-corrected chi connectivity index (χ0v) is 15.0. The number of pyridine rings is 1. The van der Waals surface area contributed by atoms with E-state index in [2.05, 4.69) is 10.3 Å². The normalized spacial score (nSPS) is 26.3. The first-order valence-corrected chi connectivity index (χ1v) is 9.43. The average Bonchev–Trinajstić information content (AvgIpc) is 2.70. The number of nitrogens with zero attached hydrogens (tertiary/aromatic N) is 2. The van der Waals surface area contributed by atoms with Crippen LogP contribution in [0.5, 0.6) is 0 Å². The second-order valence-electron chi connectivity index (χ2n) is 7.00. The highest BCUT2D eigenvalue weighted by molar-refractivity contribution is 5.92. The van der Waals surface area contributed by atoms with Crippen molar-refractivity contribution < 1.29 is 19.4 Å². The summed E-state index contributed by atoms with van der Waals surface area (Å²) in [6, 6.07) is 4.87. The monoisotopic (exact) mass is 361 g/mol. The largest absolute Gasteiger partial charge is 0.394 e. The van der Waals surface area contributed by atoms with Gasteiger partial charge in [0.1, 0.15) is 11.8 Å². The Labute approximate surface area is 153 Å². The molecule has 0 aromatic carbocycles. The summed E-state index contributed by atoms with van der Waals surface area (Å²) >= 11 is 0. The van der Waals surface area contributed by atoms with Crippen molar-refractivity contribution in [3.8, 4) is 0 Å². The van der Waals surface area contributed by atoms with Crippen LogP contribution in [0.3, 0.4) is 0 Å². The lowest BCUT2D eigenvalue weighted by Gasteiger charge is -2.37. The molecule has 0 spiro atoms. The Bertz CT molecular complexity index is 604. The number of carbonyl (C=O) groups is 2. The van der Waals surface area contributed by atoms with E-state index in [0.29, 0.717) is 25.0 Å². The number of ether oxygens (including phenoxy) is 1. The van der Waals surface area contributed by atoms with Gasteiger partial charge in [-0.2, -0.15) is 0 Å². The van der Waals surface area contributed by atoms with Crippen LogP contribution in [-0.2, 0) is 9.53 Å². The number of amides is 2. The van der Waals surface area contributed by atoms with Crippen molar-refractivity contribution in [1.29, 1.82) is 0 Å². The van der Waals surface area contributed by atoms with Gasteiger partial charge >= 0.3 is 0 Å². The molecule has 0 radical (unpaired) electrons. The van der Waals surface area contributed by atoms with Gasteiger partial charge in [-0.05, 0) is 44.2 Å². The summed E-state index contributed by atoms with van der Waals surface area (Å²) in [5, 5.41) is 12.5. The first kappa shape index (κ1) is 18.8. The maximum atomic E-state index is 12.4. The van der Waals surface area contributed by atoms with E-state index in [0.717, 1.165) is 25.9 Å². The van der Waals surface area contributed by atoms with Crippen molar-refractivity contribution in [3.63, 3.8) is 0 Å². The van der Waals surface area contributed by atoms with Crippen LogP contribution in [0.25, 0.3) is 0 Å². The van der Waals surface area contributed by atoms with Crippen molar-refractivity contribution >= 4 is 11.8 Å². The maximum absolute atomic E-state index is 12.4. The van der Waals surface area contributed by atoms with Crippen LogP contribution in [0.1, 0.15) is 49.0 Å². The summed E-state index contributed by atoms with van der Waals surface area (Å²) in [6.45, 7) is 1.47. The summed E-state index contributed by atoms with van der Waals surface area (Å²) in [7, 11) is 0. The number of likely N-dealkylation sites (tertiary alicyclic amines) is 1. The molecule has 3 rings (SSSR count). The highest BCUT2D eigenvalue weighted by atomic mass is 16.5. The van der Waals surface area contributed by atoms with Crippen molar-refractivity contribution in [2.45, 2.75) is 56.8 Å². The van der Waals surface area contributed by atoms with Crippen LogP contribution in [0.15, 0.2) is 24.4 Å². The molecule has 0 unspecified atom stereocenters. The Balaban J connectivity index is 1.51. The number of aliphatic hydroxyl groups excluding tert-OH is 1. The molecule has 1 aromatic heterocycles. The average molecular weight is 361 g/mol. The molecular formula is C19H27N3O4. The van der Waals surface area contributed by atoms with Gasteiger partial charge in [0.2, 0.25) is 5.91 Å². The third kappa shape index (κ3) is 4.80. The molecule has 2 aliphatic rings. The molecule has 2 amide bonds. The summed E-state index contributed by atoms with van der Waals surface area (Å²) in [5.41, 5.74) is 0.339. The lowest BCUT2D eigenvalue weighted by molar-refractivity contribution is -0.141.